The van der Waals surface area contributed by atoms with Gasteiger partial charge in [-0.1, -0.05) is 89.1 Å². The Kier molecular flexibility index (Phi) is 4.16. The number of rotatable bonds is 3. The van der Waals surface area contributed by atoms with Crippen LogP contribution in [0.2, 0.25) is 5.04 Å². The molecule has 1 radical (unpaired) electrons. The van der Waals surface area contributed by atoms with Crippen molar-refractivity contribution < 1.29 is 0 Å². The van der Waals surface area contributed by atoms with Crippen molar-refractivity contribution in [3.63, 3.8) is 0 Å². The minimum absolute atomic E-state index is 0.140. The van der Waals surface area contributed by atoms with Crippen molar-refractivity contribution in [2.75, 3.05) is 0 Å². The van der Waals surface area contributed by atoms with Crippen molar-refractivity contribution in [3.8, 4) is 0 Å². The van der Waals surface area contributed by atoms with Gasteiger partial charge in [0.25, 0.3) is 0 Å². The molecule has 0 fully saturated rings. The van der Waals surface area contributed by atoms with Crippen LogP contribution in [0.3, 0.4) is 0 Å². The largest absolute Gasteiger partial charge is 0.135 e. The summed E-state index contributed by atoms with van der Waals surface area (Å²) < 4.78 is 0. The van der Waals surface area contributed by atoms with Gasteiger partial charge in [0, 0.05) is 5.04 Å². The molecule has 2 aromatic rings. The summed E-state index contributed by atoms with van der Waals surface area (Å²) in [7, 11) is -0.954. The molecule has 117 valence electrons. The first kappa shape index (κ1) is 16.0. The zero-order valence-electron chi connectivity index (χ0n) is 14.8. The SMILES string of the molecule is CC1=C(C)C(C)([Si](c2ccccc2)c2ccccc2)C(C)=C1C. The summed E-state index contributed by atoms with van der Waals surface area (Å²) in [6.45, 7) is 11.7. The molecule has 0 bridgehead atoms. The third-order valence-electron chi connectivity index (χ3n) is 5.81. The Morgan fingerprint density at radius 2 is 0.957 bits per heavy atom. The zero-order chi connectivity index (χ0) is 16.6. The number of hydrogen-bond donors (Lipinski definition) is 0. The van der Waals surface area contributed by atoms with Gasteiger partial charge in [-0.3, -0.25) is 0 Å². The summed E-state index contributed by atoms with van der Waals surface area (Å²) >= 11 is 0. The number of benzene rings is 2. The second-order valence-electron chi connectivity index (χ2n) is 6.73. The minimum Gasteiger partial charge on any atom is -0.0628 e. The normalized spacial score (nSPS) is 17.3. The average molecular weight is 318 g/mol. The molecule has 0 heterocycles. The van der Waals surface area contributed by atoms with Gasteiger partial charge in [-0.15, -0.1) is 0 Å². The third kappa shape index (κ3) is 2.44. The van der Waals surface area contributed by atoms with Crippen LogP contribution in [0.1, 0.15) is 34.6 Å². The van der Waals surface area contributed by atoms with Gasteiger partial charge in [0.15, 0.2) is 0 Å². The topological polar surface area (TPSA) is 0 Å². The van der Waals surface area contributed by atoms with Crippen molar-refractivity contribution in [1.82, 2.24) is 0 Å². The van der Waals surface area contributed by atoms with E-state index in [0.29, 0.717) is 0 Å². The van der Waals surface area contributed by atoms with E-state index in [-0.39, 0.29) is 5.04 Å². The van der Waals surface area contributed by atoms with E-state index in [4.69, 9.17) is 0 Å². The van der Waals surface area contributed by atoms with E-state index in [9.17, 15) is 0 Å². The predicted octanol–water partition coefficient (Wildman–Crippen LogP) is 4.74. The van der Waals surface area contributed by atoms with E-state index in [1.807, 2.05) is 0 Å². The Morgan fingerprint density at radius 1 is 0.609 bits per heavy atom. The van der Waals surface area contributed by atoms with Crippen molar-refractivity contribution >= 4 is 19.2 Å². The van der Waals surface area contributed by atoms with Crippen molar-refractivity contribution in [2.45, 2.75) is 39.7 Å². The van der Waals surface area contributed by atoms with Crippen LogP contribution < -0.4 is 10.4 Å². The molecule has 3 rings (SSSR count). The van der Waals surface area contributed by atoms with Gasteiger partial charge in [-0.25, -0.2) is 0 Å². The van der Waals surface area contributed by atoms with Gasteiger partial charge in [-0.05, 0) is 38.8 Å². The van der Waals surface area contributed by atoms with Crippen molar-refractivity contribution in [2.24, 2.45) is 0 Å². The second-order valence-corrected chi connectivity index (χ2v) is 9.64. The number of allylic oxidation sites excluding steroid dienone is 4. The first-order valence-corrected chi connectivity index (χ1v) is 9.82. The van der Waals surface area contributed by atoms with Crippen LogP contribution in [0.5, 0.6) is 0 Å². The highest BCUT2D eigenvalue weighted by Crippen LogP contribution is 2.53. The van der Waals surface area contributed by atoms with Crippen LogP contribution in [-0.2, 0) is 0 Å². The van der Waals surface area contributed by atoms with Crippen LogP contribution in [-0.4, -0.2) is 8.80 Å². The molecule has 0 saturated heterocycles. The standard InChI is InChI=1S/C22H25Si/c1-16-17(2)19(4)22(5,18(16)3)23(20-12-8-6-9-13-20)21-14-10-7-11-15-21/h6-15H,1-5H3. The minimum atomic E-state index is -0.954. The van der Waals surface area contributed by atoms with E-state index in [0.717, 1.165) is 0 Å². The van der Waals surface area contributed by atoms with Crippen molar-refractivity contribution in [1.29, 1.82) is 0 Å². The Labute approximate surface area is 142 Å². The van der Waals surface area contributed by atoms with E-state index in [2.05, 4.69) is 95.3 Å². The van der Waals surface area contributed by atoms with E-state index < -0.39 is 8.80 Å². The van der Waals surface area contributed by atoms with Gasteiger partial charge in [0.2, 0.25) is 0 Å². The molecular weight excluding hydrogens is 292 g/mol. The predicted molar refractivity (Wildman–Crippen MR) is 103 cm³/mol. The summed E-state index contributed by atoms with van der Waals surface area (Å²) in [4.78, 5) is 0. The molecule has 2 aromatic carbocycles. The molecule has 0 amide bonds. The zero-order valence-corrected chi connectivity index (χ0v) is 15.8. The second kappa shape index (κ2) is 5.97. The molecule has 0 atom stereocenters. The molecule has 0 unspecified atom stereocenters. The lowest BCUT2D eigenvalue weighted by Gasteiger charge is -2.37. The lowest BCUT2D eigenvalue weighted by Crippen LogP contribution is -2.51. The molecule has 1 heteroatoms. The molecular formula is C22H25Si. The molecule has 0 N–H and O–H groups in total. The molecule has 0 aromatic heterocycles. The van der Waals surface area contributed by atoms with Crippen LogP contribution in [0.4, 0.5) is 0 Å². The monoisotopic (exact) mass is 317 g/mol. The lowest BCUT2D eigenvalue weighted by atomic mass is 9.98. The van der Waals surface area contributed by atoms with Gasteiger partial charge in [-0.2, -0.15) is 0 Å². The highest BCUT2D eigenvalue weighted by molar-refractivity contribution is 6.88. The molecule has 0 nitrogen and oxygen atoms in total. The van der Waals surface area contributed by atoms with E-state index in [1.54, 1.807) is 11.1 Å². The van der Waals surface area contributed by atoms with Crippen LogP contribution >= 0.6 is 0 Å². The molecule has 1 aliphatic rings. The Bertz CT molecular complexity index is 703. The summed E-state index contributed by atoms with van der Waals surface area (Å²) in [5.74, 6) is 0. The molecule has 23 heavy (non-hydrogen) atoms. The summed E-state index contributed by atoms with van der Waals surface area (Å²) in [5, 5.41) is 3.13. The van der Waals surface area contributed by atoms with Gasteiger partial charge in [0.05, 0.1) is 0 Å². The fourth-order valence-corrected chi connectivity index (χ4v) is 7.59. The lowest BCUT2D eigenvalue weighted by molar-refractivity contribution is 0.824. The molecule has 1 aliphatic carbocycles. The maximum Gasteiger partial charge on any atom is 0.135 e. The van der Waals surface area contributed by atoms with Crippen molar-refractivity contribution in [3.05, 3.63) is 83.0 Å². The molecule has 0 aliphatic heterocycles. The fraction of sp³-hybridized carbons (Fsp3) is 0.273. The maximum atomic E-state index is 2.46. The van der Waals surface area contributed by atoms with Crippen LogP contribution in [0.25, 0.3) is 0 Å². The van der Waals surface area contributed by atoms with E-state index >= 15 is 0 Å². The summed E-state index contributed by atoms with van der Waals surface area (Å²) in [5.41, 5.74) is 6.07. The third-order valence-corrected chi connectivity index (χ3v) is 9.38. The Morgan fingerprint density at radius 3 is 1.30 bits per heavy atom. The first-order chi connectivity index (χ1) is 11.0. The van der Waals surface area contributed by atoms with Crippen LogP contribution in [0, 0.1) is 0 Å². The van der Waals surface area contributed by atoms with Gasteiger partial charge >= 0.3 is 0 Å². The quantitative estimate of drug-likeness (QED) is 0.717. The molecule has 0 saturated carbocycles. The van der Waals surface area contributed by atoms with Crippen LogP contribution in [0.15, 0.2) is 83.0 Å². The van der Waals surface area contributed by atoms with E-state index in [1.165, 1.54) is 21.5 Å². The highest BCUT2D eigenvalue weighted by Gasteiger charge is 2.45. The first-order valence-electron chi connectivity index (χ1n) is 8.32. The Hall–Kier alpha value is -1.86. The smallest absolute Gasteiger partial charge is 0.0628 e. The van der Waals surface area contributed by atoms with Gasteiger partial charge < -0.3 is 0 Å². The number of hydrogen-bond acceptors (Lipinski definition) is 0. The molecule has 0 spiro atoms. The Balaban J connectivity index is 2.26. The van der Waals surface area contributed by atoms with Gasteiger partial charge in [0.1, 0.15) is 8.80 Å². The fourth-order valence-electron chi connectivity index (χ4n) is 3.92. The maximum absolute atomic E-state index is 2.46. The summed E-state index contributed by atoms with van der Waals surface area (Å²) in [6, 6.07) is 22.2. The average Bonchev–Trinajstić information content (AvgIpc) is 2.73. The summed E-state index contributed by atoms with van der Waals surface area (Å²) in [6.07, 6.45) is 0. The highest BCUT2D eigenvalue weighted by atomic mass is 28.3.